The number of nitrogens with one attached hydrogen (secondary N) is 1. The van der Waals surface area contributed by atoms with Crippen molar-refractivity contribution >= 4 is 33.4 Å². The fourth-order valence-electron chi connectivity index (χ4n) is 2.70. The number of carbonyl (C=O) groups excluding carboxylic acids is 1. The Balaban J connectivity index is 1.84. The largest absolute Gasteiger partial charge is 0.354 e. The summed E-state index contributed by atoms with van der Waals surface area (Å²) in [7, 11) is -3.54. The molecule has 0 spiro atoms. The molecule has 0 fully saturated rings. The highest BCUT2D eigenvalue weighted by molar-refractivity contribution is 7.98. The van der Waals surface area contributed by atoms with Crippen LogP contribution in [0.4, 0.5) is 5.69 Å². The van der Waals surface area contributed by atoms with Crippen molar-refractivity contribution in [2.75, 3.05) is 29.4 Å². The molecule has 2 aromatic carbocycles. The second-order valence-electron chi connectivity index (χ2n) is 6.62. The van der Waals surface area contributed by atoms with Gasteiger partial charge in [-0.05, 0) is 42.2 Å². The van der Waals surface area contributed by atoms with E-state index in [1.54, 1.807) is 23.9 Å². The van der Waals surface area contributed by atoms with Crippen molar-refractivity contribution in [3.8, 4) is 0 Å². The summed E-state index contributed by atoms with van der Waals surface area (Å²) in [5.41, 5.74) is 4.17. The first-order chi connectivity index (χ1) is 13.3. The van der Waals surface area contributed by atoms with Gasteiger partial charge in [0.1, 0.15) is 6.54 Å². The van der Waals surface area contributed by atoms with Crippen molar-refractivity contribution < 1.29 is 13.2 Å². The second kappa shape index (κ2) is 10.5. The van der Waals surface area contributed by atoms with Crippen LogP contribution in [-0.4, -0.2) is 39.4 Å². The van der Waals surface area contributed by atoms with E-state index in [2.05, 4.69) is 24.4 Å². The lowest BCUT2D eigenvalue weighted by molar-refractivity contribution is -0.119. The SMILES string of the molecule is CCc1ccc(N(CC(=O)NCCSCc2ccccc2C)S(C)(=O)=O)cc1. The molecule has 5 nitrogen and oxygen atoms in total. The fraction of sp³-hybridized carbons (Fsp3) is 0.381. The predicted molar refractivity (Wildman–Crippen MR) is 118 cm³/mol. The molecule has 2 aromatic rings. The van der Waals surface area contributed by atoms with Gasteiger partial charge < -0.3 is 5.32 Å². The Hall–Kier alpha value is -1.99. The maximum atomic E-state index is 12.3. The van der Waals surface area contributed by atoms with Gasteiger partial charge in [-0.2, -0.15) is 11.8 Å². The minimum Gasteiger partial charge on any atom is -0.354 e. The van der Waals surface area contributed by atoms with E-state index in [0.29, 0.717) is 12.2 Å². The average Bonchev–Trinajstić information content (AvgIpc) is 2.66. The first kappa shape index (κ1) is 22.3. The maximum Gasteiger partial charge on any atom is 0.240 e. The van der Waals surface area contributed by atoms with Crippen LogP contribution in [0.2, 0.25) is 0 Å². The van der Waals surface area contributed by atoms with Gasteiger partial charge in [0.2, 0.25) is 15.9 Å². The van der Waals surface area contributed by atoms with E-state index < -0.39 is 10.0 Å². The zero-order valence-corrected chi connectivity index (χ0v) is 18.3. The van der Waals surface area contributed by atoms with Crippen LogP contribution >= 0.6 is 11.8 Å². The second-order valence-corrected chi connectivity index (χ2v) is 9.63. The molecule has 0 aliphatic heterocycles. The standard InChI is InChI=1S/C21H28N2O3S2/c1-4-18-9-11-20(12-10-18)23(28(3,25)26)15-21(24)22-13-14-27-16-19-8-6-5-7-17(19)2/h5-12H,4,13-16H2,1-3H3,(H,22,24). The molecule has 7 heteroatoms. The number of amides is 1. The molecule has 0 saturated heterocycles. The van der Waals surface area contributed by atoms with Crippen LogP contribution in [0.3, 0.4) is 0 Å². The predicted octanol–water partition coefficient (Wildman–Crippen LogP) is 3.37. The van der Waals surface area contributed by atoms with Gasteiger partial charge in [0.05, 0.1) is 11.9 Å². The van der Waals surface area contributed by atoms with Gasteiger partial charge in [0.15, 0.2) is 0 Å². The van der Waals surface area contributed by atoms with Gasteiger partial charge in [-0.25, -0.2) is 8.42 Å². The third-order valence-electron chi connectivity index (χ3n) is 4.41. The van der Waals surface area contributed by atoms with E-state index in [9.17, 15) is 13.2 Å². The lowest BCUT2D eigenvalue weighted by Crippen LogP contribution is -2.41. The number of carbonyl (C=O) groups is 1. The van der Waals surface area contributed by atoms with E-state index >= 15 is 0 Å². The zero-order valence-electron chi connectivity index (χ0n) is 16.6. The summed E-state index contributed by atoms with van der Waals surface area (Å²) < 4.78 is 25.4. The summed E-state index contributed by atoms with van der Waals surface area (Å²) in [5.74, 6) is 1.35. The van der Waals surface area contributed by atoms with Crippen molar-refractivity contribution in [3.05, 3.63) is 65.2 Å². The quantitative estimate of drug-likeness (QED) is 0.599. The summed E-state index contributed by atoms with van der Waals surface area (Å²) in [6.07, 6.45) is 1.99. The highest BCUT2D eigenvalue weighted by atomic mass is 32.2. The molecule has 0 radical (unpaired) electrons. The van der Waals surface area contributed by atoms with Gasteiger partial charge in [-0.15, -0.1) is 0 Å². The number of anilines is 1. The number of aryl methyl sites for hydroxylation is 2. The van der Waals surface area contributed by atoms with E-state index in [1.807, 2.05) is 31.2 Å². The Bertz CT molecular complexity index is 881. The molecule has 0 bridgehead atoms. The van der Waals surface area contributed by atoms with Crippen molar-refractivity contribution in [1.82, 2.24) is 5.32 Å². The number of hydrogen-bond acceptors (Lipinski definition) is 4. The average molecular weight is 421 g/mol. The highest BCUT2D eigenvalue weighted by Gasteiger charge is 2.20. The van der Waals surface area contributed by atoms with Crippen molar-refractivity contribution in [1.29, 1.82) is 0 Å². The molecule has 0 saturated carbocycles. The van der Waals surface area contributed by atoms with Crippen LogP contribution in [0.25, 0.3) is 0 Å². The number of thioether (sulfide) groups is 1. The summed E-state index contributed by atoms with van der Waals surface area (Å²) in [6.45, 7) is 4.41. The molecular formula is C21H28N2O3S2. The molecule has 0 unspecified atom stereocenters. The van der Waals surface area contributed by atoms with Crippen molar-refractivity contribution in [2.45, 2.75) is 26.0 Å². The minimum absolute atomic E-state index is 0.216. The van der Waals surface area contributed by atoms with Crippen LogP contribution in [0.5, 0.6) is 0 Å². The summed E-state index contributed by atoms with van der Waals surface area (Å²) in [5, 5.41) is 2.81. The number of benzene rings is 2. The smallest absolute Gasteiger partial charge is 0.240 e. The summed E-state index contributed by atoms with van der Waals surface area (Å²) >= 11 is 1.74. The lowest BCUT2D eigenvalue weighted by Gasteiger charge is -2.22. The Labute approximate surface area is 172 Å². The number of sulfonamides is 1. The van der Waals surface area contributed by atoms with Crippen molar-refractivity contribution in [2.24, 2.45) is 0 Å². The van der Waals surface area contributed by atoms with Gasteiger partial charge in [0.25, 0.3) is 0 Å². The van der Waals surface area contributed by atoms with Gasteiger partial charge in [0, 0.05) is 18.1 Å². The molecule has 1 N–H and O–H groups in total. The normalized spacial score (nSPS) is 11.2. The lowest BCUT2D eigenvalue weighted by atomic mass is 10.1. The Morgan fingerprint density at radius 2 is 1.79 bits per heavy atom. The third kappa shape index (κ3) is 6.87. The first-order valence-corrected chi connectivity index (χ1v) is 12.3. The van der Waals surface area contributed by atoms with Crippen LogP contribution in [0, 0.1) is 6.92 Å². The molecule has 0 aliphatic rings. The van der Waals surface area contributed by atoms with E-state index in [4.69, 9.17) is 0 Å². The van der Waals surface area contributed by atoms with E-state index in [-0.39, 0.29) is 12.5 Å². The van der Waals surface area contributed by atoms with Gasteiger partial charge >= 0.3 is 0 Å². The topological polar surface area (TPSA) is 66.5 Å². The van der Waals surface area contributed by atoms with Gasteiger partial charge in [-0.3, -0.25) is 9.10 Å². The zero-order chi connectivity index (χ0) is 20.6. The fourth-order valence-corrected chi connectivity index (χ4v) is 4.49. The molecule has 0 aromatic heterocycles. The molecule has 152 valence electrons. The van der Waals surface area contributed by atoms with Crippen LogP contribution in [0.15, 0.2) is 48.5 Å². The Kier molecular flexibility index (Phi) is 8.38. The number of hydrogen-bond donors (Lipinski definition) is 1. The molecule has 0 heterocycles. The minimum atomic E-state index is -3.54. The van der Waals surface area contributed by atoms with E-state index in [1.165, 1.54) is 11.1 Å². The monoisotopic (exact) mass is 420 g/mol. The van der Waals surface area contributed by atoms with E-state index in [0.717, 1.165) is 34.1 Å². The van der Waals surface area contributed by atoms with Crippen molar-refractivity contribution in [3.63, 3.8) is 0 Å². The Morgan fingerprint density at radius 3 is 2.39 bits per heavy atom. The van der Waals surface area contributed by atoms with Crippen LogP contribution in [0.1, 0.15) is 23.6 Å². The molecular weight excluding hydrogens is 392 g/mol. The molecule has 28 heavy (non-hydrogen) atoms. The van der Waals surface area contributed by atoms with Crippen LogP contribution in [-0.2, 0) is 27.0 Å². The molecule has 2 rings (SSSR count). The number of rotatable bonds is 10. The summed E-state index contributed by atoms with van der Waals surface area (Å²) in [4.78, 5) is 12.3. The van der Waals surface area contributed by atoms with Gasteiger partial charge in [-0.1, -0.05) is 43.3 Å². The molecule has 1 amide bonds. The molecule has 0 aliphatic carbocycles. The third-order valence-corrected chi connectivity index (χ3v) is 6.56. The summed E-state index contributed by atoms with van der Waals surface area (Å²) in [6, 6.07) is 15.5. The first-order valence-electron chi connectivity index (χ1n) is 9.27. The number of nitrogens with zero attached hydrogens (tertiary/aromatic N) is 1. The highest BCUT2D eigenvalue weighted by Crippen LogP contribution is 2.18. The molecule has 0 atom stereocenters. The Morgan fingerprint density at radius 1 is 1.11 bits per heavy atom. The maximum absolute atomic E-state index is 12.3. The van der Waals surface area contributed by atoms with Crippen LogP contribution < -0.4 is 9.62 Å².